The minimum atomic E-state index is -4.84. The van der Waals surface area contributed by atoms with Crippen LogP contribution in [0, 0.1) is 5.82 Å². The van der Waals surface area contributed by atoms with Crippen LogP contribution in [-0.4, -0.2) is 9.97 Å². The fourth-order valence-corrected chi connectivity index (χ4v) is 0.679. The molecule has 2 nitrogen and oxygen atoms in total. The van der Waals surface area contributed by atoms with Gasteiger partial charge < -0.3 is 0 Å². The fourth-order valence-electron chi connectivity index (χ4n) is 0.546. The summed E-state index contributed by atoms with van der Waals surface area (Å²) < 4.78 is 48.0. The number of rotatable bonds is 0. The first kappa shape index (κ1) is 9.18. The van der Waals surface area contributed by atoms with Crippen LogP contribution in [0.3, 0.4) is 0 Å². The van der Waals surface area contributed by atoms with Crippen LogP contribution in [0.4, 0.5) is 17.6 Å². The highest BCUT2D eigenvalue weighted by Gasteiger charge is 2.37. The van der Waals surface area contributed by atoms with Crippen molar-refractivity contribution in [3.05, 3.63) is 23.0 Å². The molecule has 0 atom stereocenters. The summed E-state index contributed by atoms with van der Waals surface area (Å²) in [6, 6.07) is 0. The van der Waals surface area contributed by atoms with Gasteiger partial charge in [-0.15, -0.1) is 0 Å². The monoisotopic (exact) mass is 200 g/mol. The number of aromatic nitrogens is 2. The van der Waals surface area contributed by atoms with Crippen LogP contribution in [0.2, 0.25) is 5.15 Å². The third kappa shape index (κ3) is 1.63. The lowest BCUT2D eigenvalue weighted by Crippen LogP contribution is -2.11. The van der Waals surface area contributed by atoms with Crippen LogP contribution >= 0.6 is 11.6 Å². The molecular weight excluding hydrogens is 200 g/mol. The summed E-state index contributed by atoms with van der Waals surface area (Å²) >= 11 is 4.99. The maximum atomic E-state index is 12.5. The Kier molecular flexibility index (Phi) is 2.18. The lowest BCUT2D eigenvalue weighted by atomic mass is 10.4. The lowest BCUT2D eigenvalue weighted by molar-refractivity contribution is -0.143. The van der Waals surface area contributed by atoms with E-state index < -0.39 is 22.8 Å². The van der Waals surface area contributed by atoms with Gasteiger partial charge in [0, 0.05) is 0 Å². The Labute approximate surface area is 69.2 Å². The number of hydrogen-bond donors (Lipinski definition) is 0. The molecule has 0 saturated carbocycles. The summed E-state index contributed by atoms with van der Waals surface area (Å²) in [7, 11) is 0. The van der Waals surface area contributed by atoms with E-state index in [0.717, 1.165) is 0 Å². The van der Waals surface area contributed by atoms with Gasteiger partial charge in [0.05, 0.1) is 0 Å². The van der Waals surface area contributed by atoms with Gasteiger partial charge in [-0.1, -0.05) is 11.6 Å². The first-order valence-corrected chi connectivity index (χ1v) is 3.04. The van der Waals surface area contributed by atoms with Crippen molar-refractivity contribution in [3.8, 4) is 0 Å². The summed E-state index contributed by atoms with van der Waals surface area (Å²) in [6.07, 6.45) is -4.29. The predicted octanol–water partition coefficient (Wildman–Crippen LogP) is 2.29. The van der Waals surface area contributed by atoms with Crippen LogP contribution < -0.4 is 0 Å². The average Bonchev–Trinajstić information content (AvgIpc) is 1.92. The van der Waals surface area contributed by atoms with Crippen molar-refractivity contribution in [3.63, 3.8) is 0 Å². The fraction of sp³-hybridized carbons (Fsp3) is 0.200. The SMILES string of the molecule is Fc1c(Cl)ncnc1C(F)(F)F. The highest BCUT2D eigenvalue weighted by atomic mass is 35.5. The van der Waals surface area contributed by atoms with Gasteiger partial charge >= 0.3 is 6.18 Å². The van der Waals surface area contributed by atoms with Crippen molar-refractivity contribution in [1.29, 1.82) is 0 Å². The van der Waals surface area contributed by atoms with Gasteiger partial charge in [-0.25, -0.2) is 14.4 Å². The normalized spacial score (nSPS) is 11.8. The van der Waals surface area contributed by atoms with Gasteiger partial charge in [0.15, 0.2) is 16.7 Å². The molecule has 0 spiro atoms. The highest BCUT2D eigenvalue weighted by Crippen LogP contribution is 2.30. The lowest BCUT2D eigenvalue weighted by Gasteiger charge is -2.05. The molecule has 0 aliphatic heterocycles. The molecule has 66 valence electrons. The van der Waals surface area contributed by atoms with Crippen molar-refractivity contribution < 1.29 is 17.6 Å². The summed E-state index contributed by atoms with van der Waals surface area (Å²) in [5, 5.41) is -0.836. The Morgan fingerprint density at radius 1 is 1.25 bits per heavy atom. The molecule has 1 heterocycles. The number of halogens is 5. The zero-order valence-corrected chi connectivity index (χ0v) is 6.12. The quantitative estimate of drug-likeness (QED) is 0.474. The standard InChI is InChI=1S/C5HClF4N2/c6-4-2(7)3(5(8,9)10)11-1-12-4/h1H. The van der Waals surface area contributed by atoms with E-state index in [1.807, 2.05) is 0 Å². The van der Waals surface area contributed by atoms with E-state index in [-0.39, 0.29) is 0 Å². The summed E-state index contributed by atoms with van der Waals surface area (Å²) in [4.78, 5) is 5.75. The van der Waals surface area contributed by atoms with Gasteiger partial charge in [-0.3, -0.25) is 0 Å². The average molecular weight is 201 g/mol. The molecule has 1 rings (SSSR count). The predicted molar refractivity (Wildman–Crippen MR) is 32.0 cm³/mol. The Balaban J connectivity index is 3.26. The Morgan fingerprint density at radius 2 is 1.83 bits per heavy atom. The second kappa shape index (κ2) is 2.85. The van der Waals surface area contributed by atoms with E-state index in [9.17, 15) is 17.6 Å². The van der Waals surface area contributed by atoms with Crippen LogP contribution in [0.5, 0.6) is 0 Å². The van der Waals surface area contributed by atoms with Crippen LogP contribution in [0.1, 0.15) is 5.69 Å². The molecule has 1 aromatic rings. The molecule has 0 fully saturated rings. The molecular formula is C5HClF4N2. The second-order valence-corrected chi connectivity index (χ2v) is 2.18. The zero-order chi connectivity index (χ0) is 9.35. The smallest absolute Gasteiger partial charge is 0.229 e. The minimum absolute atomic E-state index is 0.550. The second-order valence-electron chi connectivity index (χ2n) is 1.82. The number of hydrogen-bond acceptors (Lipinski definition) is 2. The molecule has 1 aromatic heterocycles. The third-order valence-electron chi connectivity index (χ3n) is 1.02. The van der Waals surface area contributed by atoms with Gasteiger partial charge in [-0.05, 0) is 0 Å². The largest absolute Gasteiger partial charge is 0.436 e. The Morgan fingerprint density at radius 3 is 2.25 bits per heavy atom. The van der Waals surface area contributed by atoms with Crippen LogP contribution in [-0.2, 0) is 6.18 Å². The van der Waals surface area contributed by atoms with E-state index in [0.29, 0.717) is 6.33 Å². The molecule has 0 amide bonds. The summed E-state index contributed by atoms with van der Waals surface area (Å²) in [5.41, 5.74) is -1.65. The van der Waals surface area contributed by atoms with E-state index in [1.165, 1.54) is 0 Å². The van der Waals surface area contributed by atoms with Gasteiger partial charge in [0.1, 0.15) is 6.33 Å². The zero-order valence-electron chi connectivity index (χ0n) is 5.36. The van der Waals surface area contributed by atoms with E-state index in [1.54, 1.807) is 0 Å². The van der Waals surface area contributed by atoms with Crippen molar-refractivity contribution in [2.45, 2.75) is 6.18 Å². The molecule has 0 saturated heterocycles. The maximum Gasteiger partial charge on any atom is 0.436 e. The molecule has 0 aliphatic carbocycles. The molecule has 0 unspecified atom stereocenters. The third-order valence-corrected chi connectivity index (χ3v) is 1.28. The summed E-state index contributed by atoms with van der Waals surface area (Å²) in [6.45, 7) is 0. The van der Waals surface area contributed by atoms with Gasteiger partial charge in [0.2, 0.25) is 0 Å². The topological polar surface area (TPSA) is 25.8 Å². The van der Waals surface area contributed by atoms with E-state index in [2.05, 4.69) is 9.97 Å². The van der Waals surface area contributed by atoms with Crippen LogP contribution in [0.15, 0.2) is 6.33 Å². The summed E-state index contributed by atoms with van der Waals surface area (Å²) in [5.74, 6) is -1.65. The minimum Gasteiger partial charge on any atom is -0.229 e. The first-order valence-electron chi connectivity index (χ1n) is 2.66. The van der Waals surface area contributed by atoms with Crippen LogP contribution in [0.25, 0.3) is 0 Å². The number of alkyl halides is 3. The van der Waals surface area contributed by atoms with Gasteiger partial charge in [-0.2, -0.15) is 13.2 Å². The molecule has 0 radical (unpaired) electrons. The Bertz CT molecular complexity index is 298. The highest BCUT2D eigenvalue weighted by molar-refractivity contribution is 6.29. The van der Waals surface area contributed by atoms with E-state index >= 15 is 0 Å². The molecule has 7 heteroatoms. The molecule has 0 N–H and O–H groups in total. The number of nitrogens with zero attached hydrogens (tertiary/aromatic N) is 2. The first-order chi connectivity index (χ1) is 5.43. The van der Waals surface area contributed by atoms with Gasteiger partial charge in [0.25, 0.3) is 0 Å². The van der Waals surface area contributed by atoms with Crippen molar-refractivity contribution in [2.75, 3.05) is 0 Å². The molecule has 0 aliphatic rings. The Hall–Kier alpha value is -0.910. The van der Waals surface area contributed by atoms with Crippen molar-refractivity contribution in [1.82, 2.24) is 9.97 Å². The maximum absolute atomic E-state index is 12.5. The van der Waals surface area contributed by atoms with E-state index in [4.69, 9.17) is 11.6 Å². The molecule has 0 bridgehead atoms. The van der Waals surface area contributed by atoms with Crippen molar-refractivity contribution >= 4 is 11.6 Å². The molecule has 0 aromatic carbocycles. The molecule has 12 heavy (non-hydrogen) atoms. The van der Waals surface area contributed by atoms with Crippen molar-refractivity contribution in [2.24, 2.45) is 0 Å².